The second-order valence-electron chi connectivity index (χ2n) is 4.43. The van der Waals surface area contributed by atoms with Crippen molar-refractivity contribution in [3.8, 4) is 0 Å². The summed E-state index contributed by atoms with van der Waals surface area (Å²) in [6.07, 6.45) is 4.29. The minimum Gasteiger partial charge on any atom is -0.351 e. The lowest BCUT2D eigenvalue weighted by Gasteiger charge is -2.20. The van der Waals surface area contributed by atoms with Crippen LogP contribution in [0, 0.1) is 0 Å². The predicted molar refractivity (Wildman–Crippen MR) is 66.8 cm³/mol. The average Bonchev–Trinajstić information content (AvgIpc) is 2.59. The van der Waals surface area contributed by atoms with Gasteiger partial charge in [0.15, 0.2) is 0 Å². The lowest BCUT2D eigenvalue weighted by Crippen LogP contribution is -2.17. The maximum Gasteiger partial charge on any atom is 0.112 e. The van der Waals surface area contributed by atoms with Crippen LogP contribution in [0.3, 0.4) is 0 Å². The van der Waals surface area contributed by atoms with E-state index in [0.29, 0.717) is 0 Å². The minimum absolute atomic E-state index is 0.271. The lowest BCUT2D eigenvalue weighted by atomic mass is 9.83. The highest BCUT2D eigenvalue weighted by molar-refractivity contribution is 9.11. The van der Waals surface area contributed by atoms with E-state index in [1.54, 1.807) is 0 Å². The molecule has 0 amide bonds. The monoisotopic (exact) mass is 328 g/mol. The van der Waals surface area contributed by atoms with Gasteiger partial charge in [0.1, 0.15) is 11.2 Å². The van der Waals surface area contributed by atoms with Gasteiger partial charge in [-0.05, 0) is 38.1 Å². The summed E-state index contributed by atoms with van der Waals surface area (Å²) in [6, 6.07) is 4.13. The number of halogens is 2. The largest absolute Gasteiger partial charge is 0.351 e. The van der Waals surface area contributed by atoms with E-state index in [2.05, 4.69) is 70.0 Å². The molecule has 2 heterocycles. The van der Waals surface area contributed by atoms with Crippen molar-refractivity contribution in [2.24, 2.45) is 0 Å². The van der Waals surface area contributed by atoms with E-state index in [0.717, 1.165) is 8.95 Å². The number of hydrogen-bond acceptors (Lipinski definition) is 1. The molecule has 3 rings (SSSR count). The molecule has 0 spiro atoms. The zero-order valence-electron chi connectivity index (χ0n) is 8.47. The summed E-state index contributed by atoms with van der Waals surface area (Å²) in [5.41, 5.74) is 1.96. The van der Waals surface area contributed by atoms with Crippen molar-refractivity contribution in [3.63, 3.8) is 0 Å². The fraction of sp³-hybridized carbons (Fsp3) is 0.333. The van der Waals surface area contributed by atoms with Crippen LogP contribution in [0.5, 0.6) is 0 Å². The Hall–Kier alpha value is -0.120. The summed E-state index contributed by atoms with van der Waals surface area (Å²) in [7, 11) is 0. The second kappa shape index (κ2) is 2.76. The van der Waals surface area contributed by atoms with E-state index >= 15 is 0 Å². The van der Waals surface area contributed by atoms with Crippen molar-refractivity contribution in [2.45, 2.75) is 25.0 Å². The number of rotatable bonds is 0. The highest BCUT2D eigenvalue weighted by Crippen LogP contribution is 2.57. The molecule has 2 aliphatic heterocycles. The molecule has 0 aromatic heterocycles. The summed E-state index contributed by atoms with van der Waals surface area (Å²) >= 11 is 7.22. The van der Waals surface area contributed by atoms with Crippen molar-refractivity contribution >= 4 is 31.9 Å². The molecule has 78 valence electrons. The Kier molecular flexibility index (Phi) is 1.85. The van der Waals surface area contributed by atoms with Crippen LogP contribution < -0.4 is 0 Å². The zero-order chi connectivity index (χ0) is 10.8. The molecule has 0 fully saturated rings. The van der Waals surface area contributed by atoms with Gasteiger partial charge in [-0.2, -0.15) is 0 Å². The van der Waals surface area contributed by atoms with E-state index in [-0.39, 0.29) is 11.2 Å². The first-order chi connectivity index (χ1) is 6.96. The van der Waals surface area contributed by atoms with E-state index in [1.165, 1.54) is 11.1 Å². The summed E-state index contributed by atoms with van der Waals surface area (Å²) in [4.78, 5) is 0. The molecule has 0 N–H and O–H groups in total. The average molecular weight is 330 g/mol. The number of ether oxygens (including phenoxy) is 1. The zero-order valence-corrected chi connectivity index (χ0v) is 11.6. The Bertz CT molecular complexity index is 452. The summed E-state index contributed by atoms with van der Waals surface area (Å²) < 4.78 is 8.35. The van der Waals surface area contributed by atoms with Crippen LogP contribution in [0.15, 0.2) is 33.2 Å². The van der Waals surface area contributed by atoms with Gasteiger partial charge in [-0.3, -0.25) is 0 Å². The highest BCUT2D eigenvalue weighted by atomic mass is 79.9. The molecule has 2 bridgehead atoms. The number of fused-ring (bicyclic) bond motifs is 5. The third-order valence-corrected chi connectivity index (χ3v) is 4.56. The molecule has 15 heavy (non-hydrogen) atoms. The number of benzene rings is 1. The van der Waals surface area contributed by atoms with E-state index < -0.39 is 0 Å². The van der Waals surface area contributed by atoms with Gasteiger partial charge in [0.05, 0.1) is 0 Å². The van der Waals surface area contributed by atoms with Crippen molar-refractivity contribution in [1.82, 2.24) is 0 Å². The van der Waals surface area contributed by atoms with Gasteiger partial charge in [0.2, 0.25) is 0 Å². The van der Waals surface area contributed by atoms with Gasteiger partial charge in [-0.1, -0.05) is 31.9 Å². The maximum atomic E-state index is 6.11. The molecule has 0 saturated carbocycles. The first kappa shape index (κ1) is 10.1. The normalized spacial score (nSPS) is 36.0. The summed E-state index contributed by atoms with van der Waals surface area (Å²) in [6.45, 7) is 4.22. The van der Waals surface area contributed by atoms with Crippen LogP contribution in [-0.4, -0.2) is 0 Å². The SMILES string of the molecule is CC12C=CC(C)(O1)c1c(Br)ccc(Br)c12. The van der Waals surface area contributed by atoms with Gasteiger partial charge in [-0.25, -0.2) is 0 Å². The van der Waals surface area contributed by atoms with Crippen LogP contribution >= 0.6 is 31.9 Å². The standard InChI is InChI=1S/C12H10Br2O/c1-11-5-6-12(2,15-11)10-8(14)4-3-7(13)9(10)11/h3-6H,1-2H3. The highest BCUT2D eigenvalue weighted by Gasteiger charge is 2.52. The van der Waals surface area contributed by atoms with E-state index in [9.17, 15) is 0 Å². The molecule has 2 atom stereocenters. The van der Waals surface area contributed by atoms with Gasteiger partial charge in [0.25, 0.3) is 0 Å². The predicted octanol–water partition coefficient (Wildman–Crippen LogP) is 4.24. The molecule has 1 aromatic rings. The van der Waals surface area contributed by atoms with Crippen LogP contribution in [-0.2, 0) is 15.9 Å². The van der Waals surface area contributed by atoms with Gasteiger partial charge < -0.3 is 4.74 Å². The van der Waals surface area contributed by atoms with Gasteiger partial charge in [-0.15, -0.1) is 0 Å². The lowest BCUT2D eigenvalue weighted by molar-refractivity contribution is -0.0499. The third kappa shape index (κ3) is 1.12. The topological polar surface area (TPSA) is 9.23 Å². The maximum absolute atomic E-state index is 6.11. The Labute approximate surface area is 106 Å². The molecule has 1 aromatic carbocycles. The minimum atomic E-state index is -0.271. The smallest absolute Gasteiger partial charge is 0.112 e. The molecule has 0 saturated heterocycles. The van der Waals surface area contributed by atoms with E-state index in [1.807, 2.05) is 0 Å². The van der Waals surface area contributed by atoms with Crippen molar-refractivity contribution in [2.75, 3.05) is 0 Å². The van der Waals surface area contributed by atoms with Gasteiger partial charge >= 0.3 is 0 Å². The summed E-state index contributed by atoms with van der Waals surface area (Å²) in [5.74, 6) is 0. The Morgan fingerprint density at radius 2 is 1.33 bits per heavy atom. The van der Waals surface area contributed by atoms with Crippen molar-refractivity contribution < 1.29 is 4.74 Å². The Balaban J connectivity index is 2.42. The fourth-order valence-electron chi connectivity index (χ4n) is 2.62. The van der Waals surface area contributed by atoms with Crippen LogP contribution in [0.1, 0.15) is 25.0 Å². The molecule has 2 aliphatic rings. The molecule has 2 unspecified atom stereocenters. The quantitative estimate of drug-likeness (QED) is 0.647. The van der Waals surface area contributed by atoms with E-state index in [4.69, 9.17) is 4.74 Å². The van der Waals surface area contributed by atoms with Gasteiger partial charge in [0, 0.05) is 20.1 Å². The molecule has 1 nitrogen and oxygen atoms in total. The second-order valence-corrected chi connectivity index (χ2v) is 6.14. The van der Waals surface area contributed by atoms with Crippen LogP contribution in [0.25, 0.3) is 0 Å². The van der Waals surface area contributed by atoms with Crippen LogP contribution in [0.4, 0.5) is 0 Å². The molecule has 0 radical (unpaired) electrons. The summed E-state index contributed by atoms with van der Waals surface area (Å²) in [5, 5.41) is 0. The first-order valence-electron chi connectivity index (χ1n) is 4.86. The molecule has 0 aliphatic carbocycles. The van der Waals surface area contributed by atoms with Crippen LogP contribution in [0.2, 0.25) is 0 Å². The Morgan fingerprint density at radius 1 is 0.933 bits per heavy atom. The molecular formula is C12H10Br2O. The first-order valence-corrected chi connectivity index (χ1v) is 6.44. The third-order valence-electron chi connectivity index (χ3n) is 3.24. The fourth-order valence-corrected chi connectivity index (χ4v) is 4.07. The van der Waals surface area contributed by atoms with Crippen molar-refractivity contribution in [1.29, 1.82) is 0 Å². The Morgan fingerprint density at radius 3 is 1.73 bits per heavy atom. The van der Waals surface area contributed by atoms with Crippen molar-refractivity contribution in [3.05, 3.63) is 44.4 Å². The number of hydrogen-bond donors (Lipinski definition) is 0. The molecular weight excluding hydrogens is 320 g/mol. The molecule has 3 heteroatoms.